The maximum atomic E-state index is 13.4. The molecule has 2 atom stereocenters. The van der Waals surface area contributed by atoms with Gasteiger partial charge in [-0.05, 0) is 60.0 Å². The van der Waals surface area contributed by atoms with Gasteiger partial charge < -0.3 is 19.9 Å². The van der Waals surface area contributed by atoms with Crippen molar-refractivity contribution in [3.8, 4) is 17.2 Å². The number of hydrogen-bond donors (Lipinski definition) is 2. The van der Waals surface area contributed by atoms with Crippen molar-refractivity contribution in [2.75, 3.05) is 6.54 Å². The highest BCUT2D eigenvalue weighted by Gasteiger charge is 2.44. The highest BCUT2D eigenvalue weighted by molar-refractivity contribution is 5.41. The monoisotopic (exact) mass is 517 g/mol. The predicted octanol–water partition coefficient (Wildman–Crippen LogP) is 6.63. The van der Waals surface area contributed by atoms with E-state index in [1.165, 1.54) is 18.2 Å². The van der Waals surface area contributed by atoms with Crippen LogP contribution >= 0.6 is 0 Å². The Morgan fingerprint density at radius 2 is 1.33 bits per heavy atom. The average Bonchev–Trinajstić information content (AvgIpc) is 2.78. The largest absolute Gasteiger partial charge is 0.461 e. The normalized spacial score (nSPS) is 13.9. The first-order valence-corrected chi connectivity index (χ1v) is 10.6. The third-order valence-electron chi connectivity index (χ3n) is 5.01. The fourth-order valence-corrected chi connectivity index (χ4v) is 3.31. The van der Waals surface area contributed by atoms with E-state index in [9.17, 15) is 35.8 Å². The van der Waals surface area contributed by atoms with E-state index in [1.807, 2.05) is 13.0 Å². The van der Waals surface area contributed by atoms with Crippen molar-refractivity contribution in [1.82, 2.24) is 5.32 Å². The summed E-state index contributed by atoms with van der Waals surface area (Å²) < 4.78 is 101. The highest BCUT2D eigenvalue weighted by atomic mass is 19.4. The van der Waals surface area contributed by atoms with Gasteiger partial charge in [-0.25, -0.2) is 0 Å². The molecule has 3 aromatic carbocycles. The van der Waals surface area contributed by atoms with E-state index < -0.39 is 43.2 Å². The number of rotatable bonds is 10. The third-order valence-corrected chi connectivity index (χ3v) is 5.01. The second-order valence-corrected chi connectivity index (χ2v) is 7.93. The van der Waals surface area contributed by atoms with Gasteiger partial charge in [-0.1, -0.05) is 36.4 Å². The first-order chi connectivity index (χ1) is 16.8. The van der Waals surface area contributed by atoms with Gasteiger partial charge in [-0.3, -0.25) is 0 Å². The Morgan fingerprint density at radius 3 is 1.89 bits per heavy atom. The van der Waals surface area contributed by atoms with E-state index in [4.69, 9.17) is 4.74 Å². The molecule has 2 unspecified atom stereocenters. The molecule has 0 aliphatic carbocycles. The predicted molar refractivity (Wildman–Crippen MR) is 118 cm³/mol. The Balaban J connectivity index is 1.94. The van der Waals surface area contributed by atoms with E-state index >= 15 is 0 Å². The fourth-order valence-electron chi connectivity index (χ4n) is 3.31. The molecular formula is C25H22F7NO3. The molecule has 4 nitrogen and oxygen atoms in total. The third kappa shape index (κ3) is 7.34. The molecule has 3 rings (SSSR count). The molecule has 0 aromatic heterocycles. The zero-order valence-corrected chi connectivity index (χ0v) is 18.8. The van der Waals surface area contributed by atoms with Gasteiger partial charge in [0.1, 0.15) is 17.2 Å². The maximum absolute atomic E-state index is 13.4. The number of aliphatic hydroxyl groups is 1. The van der Waals surface area contributed by atoms with Gasteiger partial charge in [0.25, 0.3) is 0 Å². The lowest BCUT2D eigenvalue weighted by molar-refractivity contribution is -0.253. The van der Waals surface area contributed by atoms with Crippen molar-refractivity contribution >= 4 is 0 Å². The molecular weight excluding hydrogens is 495 g/mol. The van der Waals surface area contributed by atoms with Crippen molar-refractivity contribution < 1.29 is 45.3 Å². The van der Waals surface area contributed by atoms with Crippen LogP contribution in [0.3, 0.4) is 0 Å². The molecule has 2 N–H and O–H groups in total. The molecule has 0 bridgehead atoms. The first kappa shape index (κ1) is 27.3. The van der Waals surface area contributed by atoms with Gasteiger partial charge in [0.2, 0.25) is 0 Å². The van der Waals surface area contributed by atoms with E-state index in [0.717, 1.165) is 17.7 Å². The second-order valence-electron chi connectivity index (χ2n) is 7.93. The zero-order chi connectivity index (χ0) is 26.5. The molecule has 36 heavy (non-hydrogen) atoms. The zero-order valence-electron chi connectivity index (χ0n) is 18.8. The van der Waals surface area contributed by atoms with Gasteiger partial charge in [0.05, 0.1) is 6.04 Å². The van der Waals surface area contributed by atoms with Crippen molar-refractivity contribution in [2.45, 2.75) is 37.8 Å². The summed E-state index contributed by atoms with van der Waals surface area (Å²) in [4.78, 5) is 0. The number of hydrogen-bond acceptors (Lipinski definition) is 4. The number of benzene rings is 3. The van der Waals surface area contributed by atoms with Crippen LogP contribution in [0.4, 0.5) is 30.7 Å². The van der Waals surface area contributed by atoms with Crippen LogP contribution in [0, 0.1) is 6.92 Å². The minimum absolute atomic E-state index is 0.125. The summed E-state index contributed by atoms with van der Waals surface area (Å²) in [6, 6.07) is 16.9. The standard InChI is InChI=1S/C25H22F7NO3/c1-15-5-2-8-18(11-15)35-19-9-3-6-16(12-19)22(33-14-21(34)24(28,29)30)17-7-4-10-20(13-17)36-25(31,32)23(26)27/h2-13,21-23,33-34H,14H2,1H3. The van der Waals surface area contributed by atoms with Gasteiger partial charge in [0, 0.05) is 6.54 Å². The number of nitrogens with one attached hydrogen (secondary N) is 1. The number of alkyl halides is 7. The average molecular weight is 517 g/mol. The number of aliphatic hydroxyl groups excluding tert-OH is 1. The molecule has 0 fully saturated rings. The smallest absolute Gasteiger partial charge is 0.457 e. The Hall–Kier alpha value is -3.31. The summed E-state index contributed by atoms with van der Waals surface area (Å²) in [6.45, 7) is 0.928. The highest BCUT2D eigenvalue weighted by Crippen LogP contribution is 2.33. The van der Waals surface area contributed by atoms with Crippen LogP contribution in [0.1, 0.15) is 22.7 Å². The second kappa shape index (κ2) is 11.2. The van der Waals surface area contributed by atoms with Crippen LogP contribution < -0.4 is 14.8 Å². The number of halogens is 7. The summed E-state index contributed by atoms with van der Waals surface area (Å²) in [5.74, 6) is 0.222. The summed E-state index contributed by atoms with van der Waals surface area (Å²) in [6.07, 6.45) is -16.5. The van der Waals surface area contributed by atoms with Crippen LogP contribution in [0.5, 0.6) is 17.2 Å². The molecule has 11 heteroatoms. The van der Waals surface area contributed by atoms with Gasteiger partial charge in [-0.2, -0.15) is 30.7 Å². The van der Waals surface area contributed by atoms with Crippen molar-refractivity contribution in [1.29, 1.82) is 0 Å². The van der Waals surface area contributed by atoms with Crippen LogP contribution in [-0.2, 0) is 0 Å². The molecule has 0 heterocycles. The lowest BCUT2D eigenvalue weighted by atomic mass is 9.98. The van der Waals surface area contributed by atoms with Crippen molar-refractivity contribution in [3.05, 3.63) is 89.5 Å². The Kier molecular flexibility index (Phi) is 8.47. The molecule has 0 saturated carbocycles. The first-order valence-electron chi connectivity index (χ1n) is 10.6. The Bertz CT molecular complexity index is 1150. The molecule has 0 aliphatic rings. The lowest BCUT2D eigenvalue weighted by Gasteiger charge is -2.24. The van der Waals surface area contributed by atoms with Crippen LogP contribution in [-0.4, -0.2) is 36.5 Å². The van der Waals surface area contributed by atoms with Crippen molar-refractivity contribution in [2.24, 2.45) is 0 Å². The maximum Gasteiger partial charge on any atom is 0.461 e. The minimum Gasteiger partial charge on any atom is -0.457 e. The quantitative estimate of drug-likeness (QED) is 0.297. The molecule has 0 aliphatic heterocycles. The van der Waals surface area contributed by atoms with Gasteiger partial charge >= 0.3 is 18.7 Å². The molecule has 0 spiro atoms. The number of aryl methyl sites for hydroxylation is 1. The summed E-state index contributed by atoms with van der Waals surface area (Å²) in [5, 5.41) is 12.0. The molecule has 3 aromatic rings. The molecule has 0 radical (unpaired) electrons. The Labute approximate surface area is 202 Å². The number of ether oxygens (including phenoxy) is 2. The van der Waals surface area contributed by atoms with Crippen LogP contribution in [0.15, 0.2) is 72.8 Å². The van der Waals surface area contributed by atoms with Crippen molar-refractivity contribution in [3.63, 3.8) is 0 Å². The van der Waals surface area contributed by atoms with Crippen LogP contribution in [0.2, 0.25) is 0 Å². The van der Waals surface area contributed by atoms with E-state index in [1.54, 1.807) is 36.4 Å². The van der Waals surface area contributed by atoms with Gasteiger partial charge in [-0.15, -0.1) is 0 Å². The van der Waals surface area contributed by atoms with E-state index in [0.29, 0.717) is 17.1 Å². The summed E-state index contributed by atoms with van der Waals surface area (Å²) in [5.41, 5.74) is 1.41. The topological polar surface area (TPSA) is 50.7 Å². The van der Waals surface area contributed by atoms with Gasteiger partial charge in [0.15, 0.2) is 6.10 Å². The molecule has 0 amide bonds. The lowest BCUT2D eigenvalue weighted by Crippen LogP contribution is -2.40. The van der Waals surface area contributed by atoms with E-state index in [2.05, 4.69) is 10.1 Å². The molecule has 0 saturated heterocycles. The molecule has 194 valence electrons. The summed E-state index contributed by atoms with van der Waals surface area (Å²) >= 11 is 0. The fraction of sp³-hybridized carbons (Fsp3) is 0.280. The van der Waals surface area contributed by atoms with E-state index in [-0.39, 0.29) is 5.56 Å². The summed E-state index contributed by atoms with van der Waals surface area (Å²) in [7, 11) is 0. The van der Waals surface area contributed by atoms with Crippen LogP contribution in [0.25, 0.3) is 0 Å². The SMILES string of the molecule is Cc1cccc(Oc2cccc(C(NCC(O)C(F)(F)F)c3cccc(OC(F)(F)C(F)F)c3)c2)c1. The Morgan fingerprint density at radius 1 is 0.806 bits per heavy atom. The minimum atomic E-state index is -4.90.